The molecule has 0 saturated heterocycles. The summed E-state index contributed by atoms with van der Waals surface area (Å²) in [6.45, 7) is 5.44. The molecule has 7 nitrogen and oxygen atoms in total. The first-order valence-corrected chi connectivity index (χ1v) is 5.83. The summed E-state index contributed by atoms with van der Waals surface area (Å²) in [5.74, 6) is 0.487. The van der Waals surface area contributed by atoms with Crippen LogP contribution in [0.1, 0.15) is 31.9 Å². The van der Waals surface area contributed by atoms with Crippen molar-refractivity contribution in [3.05, 3.63) is 17.8 Å². The Kier molecular flexibility index (Phi) is 3.37. The van der Waals surface area contributed by atoms with Gasteiger partial charge in [-0.05, 0) is 12.3 Å². The van der Waals surface area contributed by atoms with Gasteiger partial charge in [-0.25, -0.2) is 0 Å². The number of carboxylic acid groups (broad SMARTS) is 1. The van der Waals surface area contributed by atoms with Gasteiger partial charge < -0.3 is 14.0 Å². The quantitative estimate of drug-likeness (QED) is 0.882. The first kappa shape index (κ1) is 13.3. The minimum atomic E-state index is -0.848. The molecule has 0 aliphatic rings. The highest BCUT2D eigenvalue weighted by Crippen LogP contribution is 2.27. The SMILES string of the molecule is Cc1oncc1-c1nnc(CC(C)(C)CC(=O)O)o1. The van der Waals surface area contributed by atoms with Crippen LogP contribution in [0.3, 0.4) is 0 Å². The summed E-state index contributed by atoms with van der Waals surface area (Å²) in [5.41, 5.74) is 0.203. The number of aliphatic carboxylic acids is 1. The van der Waals surface area contributed by atoms with Crippen molar-refractivity contribution in [1.82, 2.24) is 15.4 Å². The van der Waals surface area contributed by atoms with Crippen molar-refractivity contribution in [2.45, 2.75) is 33.6 Å². The lowest BCUT2D eigenvalue weighted by Crippen LogP contribution is -2.19. The van der Waals surface area contributed by atoms with Crippen molar-refractivity contribution >= 4 is 5.97 Å². The van der Waals surface area contributed by atoms with Crippen LogP contribution in [0.2, 0.25) is 0 Å². The van der Waals surface area contributed by atoms with Gasteiger partial charge in [0, 0.05) is 6.42 Å². The monoisotopic (exact) mass is 265 g/mol. The normalized spacial score (nSPS) is 11.7. The van der Waals surface area contributed by atoms with Gasteiger partial charge in [-0.15, -0.1) is 10.2 Å². The van der Waals surface area contributed by atoms with E-state index in [1.165, 1.54) is 6.20 Å². The highest BCUT2D eigenvalue weighted by molar-refractivity contribution is 5.67. The summed E-state index contributed by atoms with van der Waals surface area (Å²) in [4.78, 5) is 10.8. The van der Waals surface area contributed by atoms with Crippen molar-refractivity contribution < 1.29 is 18.8 Å². The number of nitrogens with zero attached hydrogens (tertiary/aromatic N) is 3. The van der Waals surface area contributed by atoms with E-state index in [9.17, 15) is 4.79 Å². The van der Waals surface area contributed by atoms with Gasteiger partial charge in [0.2, 0.25) is 5.89 Å². The van der Waals surface area contributed by atoms with E-state index in [0.29, 0.717) is 29.5 Å². The molecular weight excluding hydrogens is 250 g/mol. The Labute approximate surface area is 109 Å². The van der Waals surface area contributed by atoms with Gasteiger partial charge in [-0.2, -0.15) is 0 Å². The topological polar surface area (TPSA) is 102 Å². The Bertz CT molecular complexity index is 585. The molecule has 0 unspecified atom stereocenters. The summed E-state index contributed by atoms with van der Waals surface area (Å²) in [6.07, 6.45) is 1.95. The number of carbonyl (C=O) groups is 1. The molecular formula is C12H15N3O4. The van der Waals surface area contributed by atoms with E-state index in [-0.39, 0.29) is 6.42 Å². The van der Waals surface area contributed by atoms with E-state index in [2.05, 4.69) is 15.4 Å². The third-order valence-corrected chi connectivity index (χ3v) is 2.71. The summed E-state index contributed by atoms with van der Waals surface area (Å²) in [5, 5.41) is 20.3. The maximum absolute atomic E-state index is 10.8. The van der Waals surface area contributed by atoms with Gasteiger partial charge in [0.1, 0.15) is 11.3 Å². The van der Waals surface area contributed by atoms with Crippen molar-refractivity contribution in [2.75, 3.05) is 0 Å². The van der Waals surface area contributed by atoms with Crippen LogP contribution in [-0.4, -0.2) is 26.4 Å². The average molecular weight is 265 g/mol. The van der Waals surface area contributed by atoms with Crippen molar-refractivity contribution in [1.29, 1.82) is 0 Å². The number of aryl methyl sites for hydroxylation is 1. The first-order valence-electron chi connectivity index (χ1n) is 5.83. The summed E-state index contributed by atoms with van der Waals surface area (Å²) >= 11 is 0. The molecule has 0 fully saturated rings. The zero-order valence-corrected chi connectivity index (χ0v) is 11.0. The van der Waals surface area contributed by atoms with E-state index in [0.717, 1.165) is 0 Å². The van der Waals surface area contributed by atoms with Gasteiger partial charge >= 0.3 is 5.97 Å². The van der Waals surface area contributed by atoms with Crippen LogP contribution < -0.4 is 0 Å². The third kappa shape index (κ3) is 3.18. The van der Waals surface area contributed by atoms with Crippen LogP contribution in [0.4, 0.5) is 0 Å². The van der Waals surface area contributed by atoms with Gasteiger partial charge in [0.25, 0.3) is 5.89 Å². The van der Waals surface area contributed by atoms with Gasteiger partial charge in [-0.1, -0.05) is 19.0 Å². The highest BCUT2D eigenvalue weighted by atomic mass is 16.5. The van der Waals surface area contributed by atoms with Crippen LogP contribution in [0.5, 0.6) is 0 Å². The molecule has 19 heavy (non-hydrogen) atoms. The number of carboxylic acids is 1. The fraction of sp³-hybridized carbons (Fsp3) is 0.500. The van der Waals surface area contributed by atoms with Gasteiger partial charge in [0.15, 0.2) is 0 Å². The molecule has 0 aliphatic heterocycles. The number of aromatic nitrogens is 3. The van der Waals surface area contributed by atoms with Gasteiger partial charge in [-0.3, -0.25) is 4.79 Å². The molecule has 0 atom stereocenters. The predicted molar refractivity (Wildman–Crippen MR) is 64.3 cm³/mol. The molecule has 2 heterocycles. The standard InChI is InChI=1S/C12H15N3O4/c1-7-8(6-13-19-7)11-15-14-9(18-11)4-12(2,3)5-10(16)17/h6H,4-5H2,1-3H3,(H,16,17). The van der Waals surface area contributed by atoms with Crippen molar-refractivity contribution in [3.8, 4) is 11.5 Å². The van der Waals surface area contributed by atoms with E-state index in [1.807, 2.05) is 13.8 Å². The molecule has 1 N–H and O–H groups in total. The number of rotatable bonds is 5. The Morgan fingerprint density at radius 3 is 2.74 bits per heavy atom. The second-order valence-electron chi connectivity index (χ2n) is 5.21. The molecule has 7 heteroatoms. The molecule has 0 bridgehead atoms. The van der Waals surface area contributed by atoms with E-state index in [1.54, 1.807) is 6.92 Å². The zero-order valence-electron chi connectivity index (χ0n) is 11.0. The molecule has 2 aromatic heterocycles. The summed E-state index contributed by atoms with van der Waals surface area (Å²) < 4.78 is 10.4. The van der Waals surface area contributed by atoms with Crippen molar-refractivity contribution in [2.24, 2.45) is 5.41 Å². The zero-order chi connectivity index (χ0) is 14.0. The van der Waals surface area contributed by atoms with Crippen LogP contribution >= 0.6 is 0 Å². The molecule has 0 radical (unpaired) electrons. The molecule has 102 valence electrons. The third-order valence-electron chi connectivity index (χ3n) is 2.71. The second-order valence-corrected chi connectivity index (χ2v) is 5.21. The smallest absolute Gasteiger partial charge is 0.303 e. The molecule has 0 amide bonds. The molecule has 2 aromatic rings. The lowest BCUT2D eigenvalue weighted by atomic mass is 9.86. The van der Waals surface area contributed by atoms with Crippen LogP contribution in [0.25, 0.3) is 11.5 Å². The Morgan fingerprint density at radius 2 is 2.16 bits per heavy atom. The van der Waals surface area contributed by atoms with Crippen LogP contribution in [0.15, 0.2) is 15.1 Å². The van der Waals surface area contributed by atoms with Crippen molar-refractivity contribution in [3.63, 3.8) is 0 Å². The molecule has 0 spiro atoms. The Balaban J connectivity index is 2.14. The molecule has 0 saturated carbocycles. The minimum Gasteiger partial charge on any atom is -0.481 e. The first-order chi connectivity index (χ1) is 8.87. The maximum Gasteiger partial charge on any atom is 0.303 e. The van der Waals surface area contributed by atoms with Crippen LogP contribution in [-0.2, 0) is 11.2 Å². The molecule has 0 aromatic carbocycles. The number of hydrogen-bond acceptors (Lipinski definition) is 6. The van der Waals surface area contributed by atoms with E-state index < -0.39 is 11.4 Å². The average Bonchev–Trinajstić information content (AvgIpc) is 2.84. The lowest BCUT2D eigenvalue weighted by Gasteiger charge is -2.19. The fourth-order valence-electron chi connectivity index (χ4n) is 1.82. The lowest BCUT2D eigenvalue weighted by molar-refractivity contribution is -0.139. The molecule has 2 rings (SSSR count). The van der Waals surface area contributed by atoms with Gasteiger partial charge in [0.05, 0.1) is 12.6 Å². The largest absolute Gasteiger partial charge is 0.481 e. The Morgan fingerprint density at radius 1 is 1.42 bits per heavy atom. The number of hydrogen-bond donors (Lipinski definition) is 1. The molecule has 0 aliphatic carbocycles. The minimum absolute atomic E-state index is 0.0387. The summed E-state index contributed by atoms with van der Waals surface area (Å²) in [6, 6.07) is 0. The fourth-order valence-corrected chi connectivity index (χ4v) is 1.82. The second kappa shape index (κ2) is 4.83. The van der Waals surface area contributed by atoms with E-state index >= 15 is 0 Å². The van der Waals surface area contributed by atoms with Crippen LogP contribution in [0, 0.1) is 12.3 Å². The van der Waals surface area contributed by atoms with E-state index in [4.69, 9.17) is 14.0 Å². The Hall–Kier alpha value is -2.18. The maximum atomic E-state index is 10.8. The highest BCUT2D eigenvalue weighted by Gasteiger charge is 2.25. The predicted octanol–water partition coefficient (Wildman–Crippen LogP) is 2.08. The summed E-state index contributed by atoms with van der Waals surface area (Å²) in [7, 11) is 0.